The zero-order valence-corrected chi connectivity index (χ0v) is 21.1. The number of nitrogens with one attached hydrogen (secondary N) is 2. The molecule has 0 amide bonds. The van der Waals surface area contributed by atoms with Crippen LogP contribution in [0.25, 0.3) is 0 Å². The molecule has 1 heterocycles. The number of benzene rings is 1. The van der Waals surface area contributed by atoms with Crippen LogP contribution in [0.4, 0.5) is 0 Å². The van der Waals surface area contributed by atoms with E-state index in [-0.39, 0.29) is 24.0 Å². The quantitative estimate of drug-likeness (QED) is 0.283. The summed E-state index contributed by atoms with van der Waals surface area (Å²) in [5.74, 6) is 1.77. The second kappa shape index (κ2) is 14.0. The summed E-state index contributed by atoms with van der Waals surface area (Å²) >= 11 is 0. The van der Waals surface area contributed by atoms with Gasteiger partial charge in [0.15, 0.2) is 5.96 Å². The van der Waals surface area contributed by atoms with E-state index in [9.17, 15) is 0 Å². The van der Waals surface area contributed by atoms with Crippen LogP contribution < -0.4 is 15.4 Å². The molecule has 2 atom stereocenters. The Morgan fingerprint density at radius 2 is 1.69 bits per heavy atom. The van der Waals surface area contributed by atoms with Crippen molar-refractivity contribution in [3.05, 3.63) is 29.8 Å². The minimum atomic E-state index is 0. The summed E-state index contributed by atoms with van der Waals surface area (Å²) in [4.78, 5) is 9.45. The topological polar surface area (TPSA) is 52.1 Å². The van der Waals surface area contributed by atoms with Gasteiger partial charge in [0.05, 0.1) is 13.2 Å². The highest BCUT2D eigenvalue weighted by atomic mass is 127. The molecule has 1 fully saturated rings. The van der Waals surface area contributed by atoms with E-state index < -0.39 is 0 Å². The summed E-state index contributed by atoms with van der Waals surface area (Å²) in [6, 6.07) is 9.29. The highest BCUT2D eigenvalue weighted by Gasteiger charge is 2.24. The van der Waals surface area contributed by atoms with Crippen molar-refractivity contribution >= 4 is 29.9 Å². The molecule has 0 radical (unpaired) electrons. The number of hydrogen-bond acceptors (Lipinski definition) is 4. The van der Waals surface area contributed by atoms with Crippen LogP contribution >= 0.6 is 24.0 Å². The lowest BCUT2D eigenvalue weighted by molar-refractivity contribution is 0.230. The molecule has 2 N–H and O–H groups in total. The first kappa shape index (κ1) is 26.0. The van der Waals surface area contributed by atoms with Crippen LogP contribution in [0.1, 0.15) is 45.2 Å². The summed E-state index contributed by atoms with van der Waals surface area (Å²) < 4.78 is 5.32. The van der Waals surface area contributed by atoms with Crippen molar-refractivity contribution in [2.75, 3.05) is 53.4 Å². The van der Waals surface area contributed by atoms with Gasteiger partial charge in [-0.2, -0.15) is 0 Å². The van der Waals surface area contributed by atoms with Gasteiger partial charge in [-0.15, -0.1) is 24.0 Å². The molecule has 7 heteroatoms. The Labute approximate surface area is 194 Å². The first-order valence-corrected chi connectivity index (χ1v) is 10.7. The van der Waals surface area contributed by atoms with E-state index >= 15 is 0 Å². The van der Waals surface area contributed by atoms with Crippen LogP contribution in [0, 0.1) is 0 Å². The van der Waals surface area contributed by atoms with Gasteiger partial charge in [0.25, 0.3) is 0 Å². The van der Waals surface area contributed by atoms with Crippen LogP contribution in [0.3, 0.4) is 0 Å². The lowest BCUT2D eigenvalue weighted by Gasteiger charge is -2.30. The van der Waals surface area contributed by atoms with Gasteiger partial charge in [-0.05, 0) is 63.6 Å². The van der Waals surface area contributed by atoms with Gasteiger partial charge in [-0.1, -0.05) is 26.0 Å². The Bertz CT molecular complexity index is 585. The molecule has 1 aliphatic heterocycles. The van der Waals surface area contributed by atoms with Gasteiger partial charge in [0, 0.05) is 26.2 Å². The van der Waals surface area contributed by atoms with Gasteiger partial charge in [-0.3, -0.25) is 14.8 Å². The molecular formula is C22H40IN5O. The molecule has 1 aromatic rings. The molecule has 0 bridgehead atoms. The molecular weight excluding hydrogens is 477 g/mol. The third-order valence-electron chi connectivity index (χ3n) is 5.77. The van der Waals surface area contributed by atoms with Crippen molar-refractivity contribution in [1.82, 2.24) is 20.4 Å². The largest absolute Gasteiger partial charge is 0.497 e. The third-order valence-corrected chi connectivity index (χ3v) is 5.77. The van der Waals surface area contributed by atoms with Crippen LogP contribution in [0.2, 0.25) is 0 Å². The maximum Gasteiger partial charge on any atom is 0.191 e. The van der Waals surface area contributed by atoms with E-state index in [1.54, 1.807) is 7.11 Å². The first-order valence-electron chi connectivity index (χ1n) is 10.7. The fourth-order valence-corrected chi connectivity index (χ4v) is 3.97. The van der Waals surface area contributed by atoms with Crippen LogP contribution in [-0.2, 0) is 0 Å². The predicted molar refractivity (Wildman–Crippen MR) is 134 cm³/mol. The molecule has 6 nitrogen and oxygen atoms in total. The number of likely N-dealkylation sites (N-methyl/N-ethyl adjacent to an activating group) is 1. The molecule has 29 heavy (non-hydrogen) atoms. The number of aliphatic imine (C=N–C) groups is 1. The van der Waals surface area contributed by atoms with Gasteiger partial charge in [0.1, 0.15) is 5.75 Å². The first-order chi connectivity index (χ1) is 13.6. The van der Waals surface area contributed by atoms with E-state index in [0.29, 0.717) is 12.1 Å². The molecule has 1 aromatic carbocycles. The van der Waals surface area contributed by atoms with E-state index in [1.165, 1.54) is 18.4 Å². The molecule has 0 spiro atoms. The standard InChI is InChI=1S/C22H39N5O.HI/c1-6-26(7-2)18(3)16-24-22(23-4)25-17-21(27-14-8-9-15-27)19-10-12-20(28-5)13-11-19;/h10-13,18,21H,6-9,14-17H2,1-5H3,(H2,23,24,25);1H. The number of likely N-dealkylation sites (tertiary alicyclic amines) is 1. The van der Waals surface area contributed by atoms with Gasteiger partial charge in [0.2, 0.25) is 0 Å². The number of ether oxygens (including phenoxy) is 1. The molecule has 0 aromatic heterocycles. The smallest absolute Gasteiger partial charge is 0.191 e. The highest BCUT2D eigenvalue weighted by Crippen LogP contribution is 2.26. The summed E-state index contributed by atoms with van der Waals surface area (Å²) in [6.07, 6.45) is 2.56. The van der Waals surface area contributed by atoms with E-state index in [0.717, 1.165) is 51.0 Å². The number of nitrogens with zero attached hydrogens (tertiary/aromatic N) is 3. The van der Waals surface area contributed by atoms with Crippen molar-refractivity contribution in [3.63, 3.8) is 0 Å². The van der Waals surface area contributed by atoms with Crippen molar-refractivity contribution in [3.8, 4) is 5.75 Å². The Morgan fingerprint density at radius 1 is 1.10 bits per heavy atom. The van der Waals surface area contributed by atoms with E-state index in [4.69, 9.17) is 4.74 Å². The summed E-state index contributed by atoms with van der Waals surface area (Å²) in [6.45, 7) is 12.9. The average Bonchev–Trinajstić information content (AvgIpc) is 3.26. The predicted octanol–water partition coefficient (Wildman–Crippen LogP) is 3.35. The van der Waals surface area contributed by atoms with Crippen molar-refractivity contribution in [2.24, 2.45) is 4.99 Å². The summed E-state index contributed by atoms with van der Waals surface area (Å²) in [5, 5.41) is 7.04. The Morgan fingerprint density at radius 3 is 2.21 bits per heavy atom. The number of rotatable bonds is 10. The zero-order valence-electron chi connectivity index (χ0n) is 18.8. The van der Waals surface area contributed by atoms with Gasteiger partial charge < -0.3 is 15.4 Å². The zero-order chi connectivity index (χ0) is 20.4. The maximum absolute atomic E-state index is 5.32. The minimum absolute atomic E-state index is 0. The minimum Gasteiger partial charge on any atom is -0.497 e. The second-order valence-corrected chi connectivity index (χ2v) is 7.44. The molecule has 2 unspecified atom stereocenters. The lowest BCUT2D eigenvalue weighted by Crippen LogP contribution is -2.47. The fraction of sp³-hybridized carbons (Fsp3) is 0.682. The van der Waals surface area contributed by atoms with Crippen molar-refractivity contribution in [2.45, 2.75) is 45.7 Å². The number of hydrogen-bond donors (Lipinski definition) is 2. The Hall–Kier alpha value is -1.06. The van der Waals surface area contributed by atoms with Crippen LogP contribution in [0.5, 0.6) is 5.75 Å². The monoisotopic (exact) mass is 517 g/mol. The molecule has 166 valence electrons. The third kappa shape index (κ3) is 7.94. The second-order valence-electron chi connectivity index (χ2n) is 7.44. The highest BCUT2D eigenvalue weighted by molar-refractivity contribution is 14.0. The van der Waals surface area contributed by atoms with Crippen LogP contribution in [0.15, 0.2) is 29.3 Å². The lowest BCUT2D eigenvalue weighted by atomic mass is 10.1. The molecule has 0 saturated carbocycles. The molecule has 2 rings (SSSR count). The van der Waals surface area contributed by atoms with Gasteiger partial charge in [-0.25, -0.2) is 0 Å². The number of halogens is 1. The van der Waals surface area contributed by atoms with Crippen molar-refractivity contribution in [1.29, 1.82) is 0 Å². The summed E-state index contributed by atoms with van der Waals surface area (Å²) in [5.41, 5.74) is 1.32. The SMILES string of the molecule is CCN(CC)C(C)CNC(=NC)NCC(c1ccc(OC)cc1)N1CCCC1.I. The van der Waals surface area contributed by atoms with Crippen molar-refractivity contribution < 1.29 is 4.74 Å². The Kier molecular flexibility index (Phi) is 12.6. The summed E-state index contributed by atoms with van der Waals surface area (Å²) in [7, 11) is 3.55. The van der Waals surface area contributed by atoms with Crippen LogP contribution in [-0.4, -0.2) is 75.2 Å². The Balaban J connectivity index is 0.00000420. The average molecular weight is 518 g/mol. The maximum atomic E-state index is 5.32. The van der Waals surface area contributed by atoms with E-state index in [1.807, 2.05) is 7.05 Å². The molecule has 1 saturated heterocycles. The molecule has 0 aliphatic carbocycles. The number of guanidine groups is 1. The van der Waals surface area contributed by atoms with Gasteiger partial charge >= 0.3 is 0 Å². The normalized spacial score (nSPS) is 17.0. The number of methoxy groups -OCH3 is 1. The fourth-order valence-electron chi connectivity index (χ4n) is 3.97. The van der Waals surface area contributed by atoms with E-state index in [2.05, 4.69) is 70.5 Å². The molecule has 1 aliphatic rings.